The van der Waals surface area contributed by atoms with Crippen LogP contribution in [0.2, 0.25) is 0 Å². The molecular weight excluding hydrogens is 403 g/mol. The smallest absolute Gasteiger partial charge is 0.483 e. The first-order valence-electron chi connectivity index (χ1n) is 9.96. The molecule has 4 rings (SSSR count). The van der Waals surface area contributed by atoms with Gasteiger partial charge >= 0.3 is 12.0 Å². The Kier molecular flexibility index (Phi) is 5.48. The lowest BCUT2D eigenvalue weighted by Gasteiger charge is -2.32. The summed E-state index contributed by atoms with van der Waals surface area (Å²) in [5.74, 6) is 0.127. The maximum atomic E-state index is 12.4. The molecule has 0 N–H and O–H groups in total. The van der Waals surface area contributed by atoms with Crippen LogP contribution in [-0.2, 0) is 22.4 Å². The van der Waals surface area contributed by atoms with Crippen LogP contribution in [0.3, 0.4) is 0 Å². The van der Waals surface area contributed by atoms with Gasteiger partial charge in [-0.15, -0.1) is 13.2 Å². The second-order valence-electron chi connectivity index (χ2n) is 7.70. The standard InChI is InChI=1S/C21H22F3NO5/c1-12-17(6-5-15-14-3-2-4-16(14)20(27)29-19(12)15)28-11-18(26)25-9-7-13(8-10-25)30-21(22,23)24/h5-6,13H,2-4,7-11H2,1H3. The lowest BCUT2D eigenvalue weighted by molar-refractivity contribution is -0.345. The molecular formula is C21H22F3NO5. The topological polar surface area (TPSA) is 69.0 Å². The molecule has 1 aliphatic heterocycles. The van der Waals surface area contributed by atoms with Gasteiger partial charge in [0.05, 0.1) is 6.10 Å². The fourth-order valence-corrected chi connectivity index (χ4v) is 4.26. The minimum absolute atomic E-state index is 0.122. The maximum Gasteiger partial charge on any atom is 0.522 e. The molecule has 1 aliphatic carbocycles. The second-order valence-corrected chi connectivity index (χ2v) is 7.70. The second kappa shape index (κ2) is 7.94. The van der Waals surface area contributed by atoms with Crippen LogP contribution in [0.1, 0.15) is 36.0 Å². The molecule has 2 aromatic rings. The van der Waals surface area contributed by atoms with E-state index in [0.717, 1.165) is 35.8 Å². The summed E-state index contributed by atoms with van der Waals surface area (Å²) in [4.78, 5) is 26.1. The number of hydrogen-bond acceptors (Lipinski definition) is 5. The van der Waals surface area contributed by atoms with Crippen molar-refractivity contribution in [3.8, 4) is 5.75 Å². The zero-order chi connectivity index (χ0) is 21.5. The van der Waals surface area contributed by atoms with Crippen molar-refractivity contribution in [3.63, 3.8) is 0 Å². The number of likely N-dealkylation sites (tertiary alicyclic amines) is 1. The van der Waals surface area contributed by atoms with Gasteiger partial charge in [-0.3, -0.25) is 9.53 Å². The number of piperidine rings is 1. The predicted molar refractivity (Wildman–Crippen MR) is 101 cm³/mol. The van der Waals surface area contributed by atoms with E-state index in [9.17, 15) is 22.8 Å². The van der Waals surface area contributed by atoms with E-state index in [4.69, 9.17) is 9.15 Å². The van der Waals surface area contributed by atoms with Gasteiger partial charge in [0.25, 0.3) is 5.91 Å². The summed E-state index contributed by atoms with van der Waals surface area (Å²) in [5, 5.41) is 0.894. The number of halogens is 3. The van der Waals surface area contributed by atoms with Crippen LogP contribution in [0.5, 0.6) is 5.75 Å². The van der Waals surface area contributed by atoms with Crippen LogP contribution in [0.25, 0.3) is 11.0 Å². The first kappa shape index (κ1) is 20.7. The number of rotatable bonds is 4. The summed E-state index contributed by atoms with van der Waals surface area (Å²) < 4.78 is 52.1. The number of fused-ring (bicyclic) bond motifs is 3. The zero-order valence-electron chi connectivity index (χ0n) is 16.5. The lowest BCUT2D eigenvalue weighted by atomic mass is 10.0. The third-order valence-corrected chi connectivity index (χ3v) is 5.79. The van der Waals surface area contributed by atoms with Gasteiger partial charge in [-0.1, -0.05) is 0 Å². The van der Waals surface area contributed by atoms with Gasteiger partial charge in [0, 0.05) is 29.6 Å². The van der Waals surface area contributed by atoms with Crippen molar-refractivity contribution in [1.29, 1.82) is 0 Å². The fourth-order valence-electron chi connectivity index (χ4n) is 4.26. The van der Waals surface area contributed by atoms with Crippen LogP contribution in [0, 0.1) is 6.92 Å². The summed E-state index contributed by atoms with van der Waals surface area (Å²) in [6.07, 6.45) is -2.86. The van der Waals surface area contributed by atoms with Gasteiger partial charge in [-0.2, -0.15) is 0 Å². The van der Waals surface area contributed by atoms with Gasteiger partial charge in [0.1, 0.15) is 11.3 Å². The molecule has 1 aromatic carbocycles. The highest BCUT2D eigenvalue weighted by molar-refractivity contribution is 5.86. The molecule has 0 radical (unpaired) electrons. The number of carbonyl (C=O) groups is 1. The number of amides is 1. The van der Waals surface area contributed by atoms with Gasteiger partial charge in [0.15, 0.2) is 6.61 Å². The van der Waals surface area contributed by atoms with Crippen molar-refractivity contribution in [2.45, 2.75) is 51.5 Å². The highest BCUT2D eigenvalue weighted by Crippen LogP contribution is 2.33. The molecule has 9 heteroatoms. The van der Waals surface area contributed by atoms with Gasteiger partial charge in [-0.05, 0) is 56.7 Å². The number of hydrogen-bond donors (Lipinski definition) is 0. The Bertz CT molecular complexity index is 1020. The summed E-state index contributed by atoms with van der Waals surface area (Å²) in [6, 6.07) is 3.60. The number of carbonyl (C=O) groups excluding carboxylic acids is 1. The number of alkyl halides is 3. The summed E-state index contributed by atoms with van der Waals surface area (Å²) in [5.41, 5.74) is 2.55. The van der Waals surface area contributed by atoms with Crippen molar-refractivity contribution in [2.24, 2.45) is 0 Å². The first-order chi connectivity index (χ1) is 14.2. The molecule has 0 atom stereocenters. The Morgan fingerprint density at radius 1 is 1.20 bits per heavy atom. The number of nitrogens with zero attached hydrogens (tertiary/aromatic N) is 1. The Labute approximate surface area is 170 Å². The lowest BCUT2D eigenvalue weighted by Crippen LogP contribution is -2.44. The third kappa shape index (κ3) is 4.16. The average molecular weight is 425 g/mol. The molecule has 1 fully saturated rings. The Morgan fingerprint density at radius 3 is 2.60 bits per heavy atom. The molecule has 0 bridgehead atoms. The SMILES string of the molecule is Cc1c(OCC(=O)N2CCC(OC(F)(F)F)CC2)ccc2c3c(c(=O)oc12)CCC3. The van der Waals surface area contributed by atoms with Crippen molar-refractivity contribution >= 4 is 16.9 Å². The van der Waals surface area contributed by atoms with Crippen LogP contribution >= 0.6 is 0 Å². The normalized spacial score (nSPS) is 17.4. The molecule has 0 saturated carbocycles. The minimum Gasteiger partial charge on any atom is -0.483 e. The number of aryl methyl sites for hydroxylation is 2. The molecule has 1 amide bonds. The zero-order valence-corrected chi connectivity index (χ0v) is 16.5. The molecule has 1 saturated heterocycles. The van der Waals surface area contributed by atoms with Crippen molar-refractivity contribution in [1.82, 2.24) is 4.90 Å². The Morgan fingerprint density at radius 2 is 1.90 bits per heavy atom. The molecule has 0 spiro atoms. The third-order valence-electron chi connectivity index (χ3n) is 5.79. The van der Waals surface area contributed by atoms with E-state index in [-0.39, 0.29) is 44.1 Å². The summed E-state index contributed by atoms with van der Waals surface area (Å²) in [7, 11) is 0. The molecule has 162 valence electrons. The first-order valence-corrected chi connectivity index (χ1v) is 9.96. The molecule has 30 heavy (non-hydrogen) atoms. The predicted octanol–water partition coefficient (Wildman–Crippen LogP) is 3.50. The van der Waals surface area contributed by atoms with Crippen molar-refractivity contribution < 1.29 is 31.9 Å². The number of benzene rings is 1. The molecule has 0 unspecified atom stereocenters. The van der Waals surface area contributed by atoms with Crippen LogP contribution in [0.4, 0.5) is 13.2 Å². The summed E-state index contributed by atoms with van der Waals surface area (Å²) >= 11 is 0. The summed E-state index contributed by atoms with van der Waals surface area (Å²) in [6.45, 7) is 1.89. The average Bonchev–Trinajstić information content (AvgIpc) is 3.18. The molecule has 2 aliphatic rings. The van der Waals surface area contributed by atoms with E-state index in [0.29, 0.717) is 16.9 Å². The highest BCUT2D eigenvalue weighted by Gasteiger charge is 2.35. The fraction of sp³-hybridized carbons (Fsp3) is 0.524. The van der Waals surface area contributed by atoms with E-state index in [1.165, 1.54) is 4.90 Å². The van der Waals surface area contributed by atoms with Crippen molar-refractivity contribution in [3.05, 3.63) is 39.2 Å². The molecule has 2 heterocycles. The van der Waals surface area contributed by atoms with E-state index in [1.807, 2.05) is 6.07 Å². The van der Waals surface area contributed by atoms with E-state index in [1.54, 1.807) is 13.0 Å². The van der Waals surface area contributed by atoms with E-state index >= 15 is 0 Å². The maximum absolute atomic E-state index is 12.4. The van der Waals surface area contributed by atoms with Gasteiger partial charge in [-0.25, -0.2) is 4.79 Å². The molecule has 6 nitrogen and oxygen atoms in total. The monoisotopic (exact) mass is 425 g/mol. The van der Waals surface area contributed by atoms with Gasteiger partial charge < -0.3 is 14.1 Å². The van der Waals surface area contributed by atoms with Gasteiger partial charge in [0.2, 0.25) is 0 Å². The van der Waals surface area contributed by atoms with Crippen molar-refractivity contribution in [2.75, 3.05) is 19.7 Å². The van der Waals surface area contributed by atoms with Crippen LogP contribution < -0.4 is 10.4 Å². The number of ether oxygens (including phenoxy) is 2. The van der Waals surface area contributed by atoms with E-state index in [2.05, 4.69) is 4.74 Å². The molecule has 1 aromatic heterocycles. The Hall–Kier alpha value is -2.55. The van der Waals surface area contributed by atoms with Crippen LogP contribution in [0.15, 0.2) is 21.3 Å². The quantitative estimate of drug-likeness (QED) is 0.702. The minimum atomic E-state index is -4.66. The van der Waals surface area contributed by atoms with Crippen LogP contribution in [-0.4, -0.2) is 43.0 Å². The highest BCUT2D eigenvalue weighted by atomic mass is 19.4. The largest absolute Gasteiger partial charge is 0.522 e. The Balaban J connectivity index is 1.41. The van der Waals surface area contributed by atoms with E-state index < -0.39 is 12.5 Å².